The van der Waals surface area contributed by atoms with Crippen LogP contribution in [0.3, 0.4) is 0 Å². The van der Waals surface area contributed by atoms with Gasteiger partial charge in [0.05, 0.1) is 21.9 Å². The summed E-state index contributed by atoms with van der Waals surface area (Å²) in [7, 11) is -5.53. The Morgan fingerprint density at radius 2 is 1.80 bits per heavy atom. The first-order valence-corrected chi connectivity index (χ1v) is 11.1. The molecule has 154 valence electrons. The van der Waals surface area contributed by atoms with Crippen LogP contribution in [-0.4, -0.2) is 23.9 Å². The summed E-state index contributed by atoms with van der Waals surface area (Å²) in [5, 5.41) is 3.49. The number of rotatable bonds is 4. The Hall–Kier alpha value is -2.69. The van der Waals surface area contributed by atoms with E-state index in [1.807, 2.05) is 30.3 Å². The summed E-state index contributed by atoms with van der Waals surface area (Å²) in [6.07, 6.45) is 1.69. The van der Waals surface area contributed by atoms with Crippen molar-refractivity contribution in [2.45, 2.75) is 5.51 Å². The van der Waals surface area contributed by atoms with Crippen LogP contribution in [-0.2, 0) is 10.0 Å². The third kappa shape index (κ3) is 3.85. The fraction of sp³-hybridized carbons (Fsp3) is 0.0526. The molecule has 4 rings (SSSR count). The van der Waals surface area contributed by atoms with Crippen molar-refractivity contribution >= 4 is 49.6 Å². The number of alkyl halides is 3. The first-order chi connectivity index (χ1) is 14.2. The fourth-order valence-corrected chi connectivity index (χ4v) is 4.49. The number of para-hydroxylation sites is 1. The normalized spacial score (nSPS) is 12.3. The van der Waals surface area contributed by atoms with Crippen LogP contribution in [0.1, 0.15) is 0 Å². The molecule has 0 aliphatic heterocycles. The number of benzene rings is 2. The zero-order chi connectivity index (χ0) is 21.5. The maximum Gasteiger partial charge on any atom is 0.516 e. The molecule has 0 unspecified atom stereocenters. The summed E-state index contributed by atoms with van der Waals surface area (Å²) in [6.45, 7) is 0. The Morgan fingerprint density at radius 3 is 2.53 bits per heavy atom. The van der Waals surface area contributed by atoms with Gasteiger partial charge in [0.15, 0.2) is 0 Å². The van der Waals surface area contributed by atoms with Crippen molar-refractivity contribution in [2.75, 3.05) is 4.72 Å². The van der Waals surface area contributed by atoms with Gasteiger partial charge in [0.2, 0.25) is 0 Å². The minimum absolute atomic E-state index is 0.0637. The highest BCUT2D eigenvalue weighted by Crippen LogP contribution is 2.36. The largest absolute Gasteiger partial charge is 0.516 e. The SMILES string of the molecule is O=S(=O)(Nc1ccc(-c2csc(-c3ccnc4ccccc34)n2)c(Cl)c1)C(F)(F)F. The topological polar surface area (TPSA) is 72.0 Å². The molecule has 0 aliphatic rings. The molecule has 0 fully saturated rings. The standard InChI is InChI=1S/C19H11ClF3N3O2S2/c20-15-9-11(26-30(27,28)19(21,22)23)5-6-14(15)17-10-29-18(25-17)13-7-8-24-16-4-2-1-3-12(13)16/h1-10,26H. The third-order valence-corrected chi connectivity index (χ3v) is 6.49. The second-order valence-corrected chi connectivity index (χ2v) is 9.10. The molecule has 0 radical (unpaired) electrons. The van der Waals surface area contributed by atoms with Crippen molar-refractivity contribution in [3.8, 4) is 21.8 Å². The van der Waals surface area contributed by atoms with E-state index in [9.17, 15) is 21.6 Å². The van der Waals surface area contributed by atoms with Gasteiger partial charge in [-0.3, -0.25) is 9.71 Å². The van der Waals surface area contributed by atoms with Crippen molar-refractivity contribution in [2.24, 2.45) is 0 Å². The number of nitrogens with one attached hydrogen (secondary N) is 1. The van der Waals surface area contributed by atoms with Crippen molar-refractivity contribution in [1.29, 1.82) is 0 Å². The molecule has 0 bridgehead atoms. The number of thiazole rings is 1. The highest BCUT2D eigenvalue weighted by Gasteiger charge is 2.46. The van der Waals surface area contributed by atoms with Gasteiger partial charge in [-0.1, -0.05) is 29.8 Å². The van der Waals surface area contributed by atoms with Crippen LogP contribution < -0.4 is 4.72 Å². The van der Waals surface area contributed by atoms with Crippen LogP contribution in [0.2, 0.25) is 5.02 Å². The highest BCUT2D eigenvalue weighted by atomic mass is 35.5. The molecule has 0 aliphatic carbocycles. The second-order valence-electron chi connectivity index (χ2n) is 6.16. The Kier molecular flexibility index (Phi) is 5.16. The van der Waals surface area contributed by atoms with Crippen LogP contribution in [0.25, 0.3) is 32.7 Å². The first kappa shape index (κ1) is 20.6. The molecule has 2 aromatic carbocycles. The zero-order valence-corrected chi connectivity index (χ0v) is 17.2. The van der Waals surface area contributed by atoms with Crippen molar-refractivity contribution < 1.29 is 21.6 Å². The van der Waals surface area contributed by atoms with Gasteiger partial charge in [-0.25, -0.2) is 4.98 Å². The molecule has 30 heavy (non-hydrogen) atoms. The number of fused-ring (bicyclic) bond motifs is 1. The lowest BCUT2D eigenvalue weighted by atomic mass is 10.1. The Morgan fingerprint density at radius 1 is 1.03 bits per heavy atom. The summed E-state index contributed by atoms with van der Waals surface area (Å²) in [4.78, 5) is 8.92. The molecule has 4 aromatic rings. The number of nitrogens with zero attached hydrogens (tertiary/aromatic N) is 2. The van der Waals surface area contributed by atoms with E-state index >= 15 is 0 Å². The van der Waals surface area contributed by atoms with Gasteiger partial charge in [-0.05, 0) is 30.3 Å². The number of pyridine rings is 1. The predicted octanol–water partition coefficient (Wildman–Crippen LogP) is 5.94. The quantitative estimate of drug-likeness (QED) is 0.401. The zero-order valence-electron chi connectivity index (χ0n) is 14.8. The first-order valence-electron chi connectivity index (χ1n) is 8.34. The summed E-state index contributed by atoms with van der Waals surface area (Å²) >= 11 is 7.58. The molecule has 0 amide bonds. The van der Waals surface area contributed by atoms with Gasteiger partial charge < -0.3 is 0 Å². The second kappa shape index (κ2) is 7.53. The predicted molar refractivity (Wildman–Crippen MR) is 112 cm³/mol. The molecule has 0 saturated heterocycles. The summed E-state index contributed by atoms with van der Waals surface area (Å²) < 4.78 is 61.6. The van der Waals surface area contributed by atoms with Gasteiger partial charge in [-0.2, -0.15) is 21.6 Å². The van der Waals surface area contributed by atoms with E-state index in [2.05, 4.69) is 9.97 Å². The Balaban J connectivity index is 1.67. The lowest BCUT2D eigenvalue weighted by Crippen LogP contribution is -2.29. The van der Waals surface area contributed by atoms with Crippen molar-refractivity contribution in [3.05, 3.63) is 65.1 Å². The van der Waals surface area contributed by atoms with E-state index < -0.39 is 15.5 Å². The van der Waals surface area contributed by atoms with E-state index in [0.717, 1.165) is 27.5 Å². The lowest BCUT2D eigenvalue weighted by molar-refractivity contribution is -0.0429. The van der Waals surface area contributed by atoms with E-state index in [-0.39, 0.29) is 10.7 Å². The number of hydrogen-bond donors (Lipinski definition) is 1. The average Bonchev–Trinajstić information content (AvgIpc) is 3.16. The minimum Gasteiger partial charge on any atom is -0.276 e. The minimum atomic E-state index is -5.53. The van der Waals surface area contributed by atoms with Crippen LogP contribution in [0.15, 0.2) is 60.1 Å². The van der Waals surface area contributed by atoms with Gasteiger partial charge in [0.1, 0.15) is 5.01 Å². The van der Waals surface area contributed by atoms with Gasteiger partial charge in [0, 0.05) is 28.1 Å². The molecule has 0 atom stereocenters. The van der Waals surface area contributed by atoms with Crippen LogP contribution in [0.4, 0.5) is 18.9 Å². The van der Waals surface area contributed by atoms with Gasteiger partial charge in [-0.15, -0.1) is 11.3 Å². The fourth-order valence-electron chi connectivity index (χ4n) is 2.80. The lowest BCUT2D eigenvalue weighted by Gasteiger charge is -2.11. The number of hydrogen-bond acceptors (Lipinski definition) is 5. The third-order valence-electron chi connectivity index (χ3n) is 4.19. The number of aromatic nitrogens is 2. The molecule has 0 saturated carbocycles. The summed E-state index contributed by atoms with van der Waals surface area (Å²) in [5.41, 5.74) is -3.01. The number of anilines is 1. The van der Waals surface area contributed by atoms with E-state index in [4.69, 9.17) is 11.6 Å². The maximum absolute atomic E-state index is 12.5. The monoisotopic (exact) mass is 469 g/mol. The van der Waals surface area contributed by atoms with Crippen LogP contribution in [0.5, 0.6) is 0 Å². The van der Waals surface area contributed by atoms with Crippen molar-refractivity contribution in [1.82, 2.24) is 9.97 Å². The molecule has 2 heterocycles. The molecule has 1 N–H and O–H groups in total. The average molecular weight is 470 g/mol. The number of halogens is 4. The smallest absolute Gasteiger partial charge is 0.276 e. The Bertz CT molecular complexity index is 1350. The molecule has 5 nitrogen and oxygen atoms in total. The van der Waals surface area contributed by atoms with Gasteiger partial charge in [0.25, 0.3) is 0 Å². The number of sulfonamides is 1. The summed E-state index contributed by atoms with van der Waals surface area (Å²) in [5.74, 6) is 0. The molecular weight excluding hydrogens is 459 g/mol. The summed E-state index contributed by atoms with van der Waals surface area (Å²) in [6, 6.07) is 13.2. The van der Waals surface area contributed by atoms with Gasteiger partial charge >= 0.3 is 15.5 Å². The van der Waals surface area contributed by atoms with Crippen LogP contribution >= 0.6 is 22.9 Å². The molecule has 11 heteroatoms. The molecule has 0 spiro atoms. The van der Waals surface area contributed by atoms with Crippen LogP contribution in [0, 0.1) is 0 Å². The van der Waals surface area contributed by atoms with E-state index in [1.54, 1.807) is 11.6 Å². The highest BCUT2D eigenvalue weighted by molar-refractivity contribution is 7.93. The maximum atomic E-state index is 12.5. The van der Waals surface area contributed by atoms with Crippen molar-refractivity contribution in [3.63, 3.8) is 0 Å². The Labute approximate surface area is 178 Å². The van der Waals surface area contributed by atoms with E-state index in [1.165, 1.54) is 28.2 Å². The molecule has 2 aromatic heterocycles. The van der Waals surface area contributed by atoms with E-state index in [0.29, 0.717) is 11.3 Å². The molecular formula is C19H11ClF3N3O2S2.